The Kier molecular flexibility index (Phi) is 6.37. The highest BCUT2D eigenvalue weighted by molar-refractivity contribution is 6.30. The highest BCUT2D eigenvalue weighted by Crippen LogP contribution is 2.27. The van der Waals surface area contributed by atoms with Crippen molar-refractivity contribution >= 4 is 29.2 Å². The van der Waals surface area contributed by atoms with Crippen LogP contribution in [0.3, 0.4) is 0 Å². The molecule has 0 heterocycles. The van der Waals surface area contributed by atoms with Gasteiger partial charge in [0, 0.05) is 10.7 Å². The number of ether oxygens (including phenoxy) is 1. The molecule has 1 amide bonds. The lowest BCUT2D eigenvalue weighted by molar-refractivity contribution is -0.123. The van der Waals surface area contributed by atoms with Gasteiger partial charge in [0.15, 0.2) is 6.10 Å². The molecule has 0 radical (unpaired) electrons. The second-order valence-corrected chi connectivity index (χ2v) is 6.79. The number of hydrogen-bond donors (Lipinski definition) is 1. The molecule has 2 aromatic carbocycles. The Morgan fingerprint density at radius 1 is 1.15 bits per heavy atom. The van der Waals surface area contributed by atoms with E-state index in [-0.39, 0.29) is 16.5 Å². The predicted octanol–water partition coefficient (Wildman–Crippen LogP) is 5.09. The summed E-state index contributed by atoms with van der Waals surface area (Å²) in [6.45, 7) is 7.37. The molecule has 4 nitrogen and oxygen atoms in total. The first-order chi connectivity index (χ1) is 12.2. The normalized spacial score (nSPS) is 12.0. The molecule has 0 saturated carbocycles. The van der Waals surface area contributed by atoms with Crippen LogP contribution in [0.5, 0.6) is 0 Å². The number of halogens is 2. The van der Waals surface area contributed by atoms with Gasteiger partial charge in [0.2, 0.25) is 0 Å². The van der Waals surface area contributed by atoms with Crippen molar-refractivity contribution in [3.63, 3.8) is 0 Å². The van der Waals surface area contributed by atoms with Crippen LogP contribution in [-0.4, -0.2) is 18.0 Å². The second-order valence-electron chi connectivity index (χ2n) is 6.35. The van der Waals surface area contributed by atoms with E-state index in [4.69, 9.17) is 16.3 Å². The molecule has 6 heteroatoms. The van der Waals surface area contributed by atoms with Gasteiger partial charge >= 0.3 is 5.97 Å². The molecule has 0 unspecified atom stereocenters. The van der Waals surface area contributed by atoms with E-state index < -0.39 is 23.8 Å². The molecule has 0 spiro atoms. The highest BCUT2D eigenvalue weighted by Gasteiger charge is 2.23. The van der Waals surface area contributed by atoms with Crippen LogP contribution < -0.4 is 5.32 Å². The van der Waals surface area contributed by atoms with Gasteiger partial charge < -0.3 is 10.1 Å². The number of esters is 1. The average molecular weight is 378 g/mol. The Morgan fingerprint density at radius 2 is 1.85 bits per heavy atom. The van der Waals surface area contributed by atoms with Gasteiger partial charge in [-0.15, -0.1) is 0 Å². The maximum absolute atomic E-state index is 13.8. The third-order valence-corrected chi connectivity index (χ3v) is 4.21. The molecule has 0 aromatic heterocycles. The number of aryl methyl sites for hydroxylation is 1. The molecule has 1 N–H and O–H groups in total. The van der Waals surface area contributed by atoms with Gasteiger partial charge in [-0.2, -0.15) is 0 Å². The standard InChI is InChI=1S/C20H21ClFNO3/c1-11(2)15-7-5-6-12(3)18(15)23-19(24)13(4)26-20(25)16-10-14(21)8-9-17(16)22/h5-11,13H,1-4H3,(H,23,24)/t13-/m0/s1. The average Bonchev–Trinajstić information content (AvgIpc) is 2.58. The van der Waals surface area contributed by atoms with Crippen molar-refractivity contribution < 1.29 is 18.7 Å². The summed E-state index contributed by atoms with van der Waals surface area (Å²) in [5.41, 5.74) is 2.28. The largest absolute Gasteiger partial charge is 0.449 e. The quantitative estimate of drug-likeness (QED) is 0.738. The first kappa shape index (κ1) is 19.9. The summed E-state index contributed by atoms with van der Waals surface area (Å²) < 4.78 is 18.8. The Hall–Kier alpha value is -2.40. The third kappa shape index (κ3) is 4.61. The molecule has 0 aliphatic heterocycles. The summed E-state index contributed by atoms with van der Waals surface area (Å²) in [6, 6.07) is 9.32. The smallest absolute Gasteiger partial charge is 0.341 e. The number of carbonyl (C=O) groups is 2. The number of amides is 1. The Labute approximate surface area is 157 Å². The van der Waals surface area contributed by atoms with Gasteiger partial charge in [0.1, 0.15) is 5.82 Å². The van der Waals surface area contributed by atoms with Gasteiger partial charge in [-0.05, 0) is 49.1 Å². The van der Waals surface area contributed by atoms with E-state index in [0.717, 1.165) is 17.2 Å². The van der Waals surface area contributed by atoms with Crippen LogP contribution >= 0.6 is 11.6 Å². The monoisotopic (exact) mass is 377 g/mol. The molecule has 1 atom stereocenters. The zero-order valence-corrected chi connectivity index (χ0v) is 15.9. The number of para-hydroxylation sites is 1. The summed E-state index contributed by atoms with van der Waals surface area (Å²) in [5, 5.41) is 3.01. The highest BCUT2D eigenvalue weighted by atomic mass is 35.5. The van der Waals surface area contributed by atoms with Crippen LogP contribution in [-0.2, 0) is 9.53 Å². The van der Waals surface area contributed by atoms with E-state index in [9.17, 15) is 14.0 Å². The minimum Gasteiger partial charge on any atom is -0.449 e. The zero-order valence-electron chi connectivity index (χ0n) is 15.1. The number of hydrogen-bond acceptors (Lipinski definition) is 3. The Bertz CT molecular complexity index is 836. The van der Waals surface area contributed by atoms with Gasteiger partial charge in [0.05, 0.1) is 5.56 Å². The van der Waals surface area contributed by atoms with Gasteiger partial charge in [-0.1, -0.05) is 43.6 Å². The molecule has 0 fully saturated rings. The first-order valence-electron chi connectivity index (χ1n) is 8.27. The summed E-state index contributed by atoms with van der Waals surface area (Å²) in [6.07, 6.45) is -1.10. The van der Waals surface area contributed by atoms with Crippen molar-refractivity contribution in [1.29, 1.82) is 0 Å². The van der Waals surface area contributed by atoms with Crippen LogP contribution in [0.2, 0.25) is 5.02 Å². The fourth-order valence-corrected chi connectivity index (χ4v) is 2.67. The molecule has 2 aromatic rings. The van der Waals surface area contributed by atoms with E-state index in [0.29, 0.717) is 5.69 Å². The fraction of sp³-hybridized carbons (Fsp3) is 0.300. The SMILES string of the molecule is Cc1cccc(C(C)C)c1NC(=O)[C@H](C)OC(=O)c1cc(Cl)ccc1F. The molecular weight excluding hydrogens is 357 g/mol. The molecule has 0 saturated heterocycles. The predicted molar refractivity (Wildman–Crippen MR) is 100 cm³/mol. The lowest BCUT2D eigenvalue weighted by Crippen LogP contribution is -2.31. The van der Waals surface area contributed by atoms with Crippen LogP contribution in [0, 0.1) is 12.7 Å². The van der Waals surface area contributed by atoms with Crippen LogP contribution in [0.1, 0.15) is 48.2 Å². The third-order valence-electron chi connectivity index (χ3n) is 3.98. The van der Waals surface area contributed by atoms with Crippen LogP contribution in [0.25, 0.3) is 0 Å². The fourth-order valence-electron chi connectivity index (χ4n) is 2.50. The molecule has 0 aliphatic carbocycles. The van der Waals surface area contributed by atoms with Gasteiger partial charge in [-0.3, -0.25) is 4.79 Å². The van der Waals surface area contributed by atoms with E-state index in [1.165, 1.54) is 19.1 Å². The van der Waals surface area contributed by atoms with Crippen molar-refractivity contribution in [2.45, 2.75) is 39.7 Å². The van der Waals surface area contributed by atoms with E-state index in [1.807, 2.05) is 39.0 Å². The molecule has 0 bridgehead atoms. The van der Waals surface area contributed by atoms with E-state index in [1.54, 1.807) is 0 Å². The Balaban J connectivity index is 2.14. The second kappa shape index (κ2) is 8.32. The maximum atomic E-state index is 13.8. The number of nitrogens with one attached hydrogen (secondary N) is 1. The zero-order chi connectivity index (χ0) is 19.4. The number of anilines is 1. The lowest BCUT2D eigenvalue weighted by Gasteiger charge is -2.19. The number of carbonyl (C=O) groups excluding carboxylic acids is 2. The van der Waals surface area contributed by atoms with Gasteiger partial charge in [-0.25, -0.2) is 9.18 Å². The van der Waals surface area contributed by atoms with Crippen molar-refractivity contribution in [1.82, 2.24) is 0 Å². The Morgan fingerprint density at radius 3 is 2.50 bits per heavy atom. The molecule has 0 aliphatic rings. The van der Waals surface area contributed by atoms with E-state index >= 15 is 0 Å². The van der Waals surface area contributed by atoms with Crippen molar-refractivity contribution in [3.05, 3.63) is 63.9 Å². The van der Waals surface area contributed by atoms with Crippen molar-refractivity contribution in [2.75, 3.05) is 5.32 Å². The van der Waals surface area contributed by atoms with Crippen molar-refractivity contribution in [2.24, 2.45) is 0 Å². The maximum Gasteiger partial charge on any atom is 0.341 e. The van der Waals surface area contributed by atoms with Gasteiger partial charge in [0.25, 0.3) is 5.91 Å². The summed E-state index contributed by atoms with van der Waals surface area (Å²) in [7, 11) is 0. The molecule has 2 rings (SSSR count). The number of rotatable bonds is 5. The number of benzene rings is 2. The summed E-state index contributed by atoms with van der Waals surface area (Å²) in [4.78, 5) is 24.6. The lowest BCUT2D eigenvalue weighted by atomic mass is 9.98. The van der Waals surface area contributed by atoms with E-state index in [2.05, 4.69) is 5.32 Å². The first-order valence-corrected chi connectivity index (χ1v) is 8.65. The molecular formula is C20H21ClFNO3. The minimum absolute atomic E-state index is 0.206. The topological polar surface area (TPSA) is 55.4 Å². The molecule has 138 valence electrons. The molecule has 26 heavy (non-hydrogen) atoms. The van der Waals surface area contributed by atoms with Crippen molar-refractivity contribution in [3.8, 4) is 0 Å². The van der Waals surface area contributed by atoms with Crippen LogP contribution in [0.4, 0.5) is 10.1 Å². The van der Waals surface area contributed by atoms with Crippen LogP contribution in [0.15, 0.2) is 36.4 Å². The summed E-state index contributed by atoms with van der Waals surface area (Å²) in [5.74, 6) is -1.98. The minimum atomic E-state index is -1.10. The summed E-state index contributed by atoms with van der Waals surface area (Å²) >= 11 is 5.78.